The first kappa shape index (κ1) is 12.5. The summed E-state index contributed by atoms with van der Waals surface area (Å²) < 4.78 is 12.8. The molecule has 0 aliphatic carbocycles. The Morgan fingerprint density at radius 1 is 1.50 bits per heavy atom. The molecule has 0 bridgehead atoms. The van der Waals surface area contributed by atoms with E-state index in [1.807, 2.05) is 18.1 Å². The molecule has 16 heavy (non-hydrogen) atoms. The van der Waals surface area contributed by atoms with Gasteiger partial charge in [-0.25, -0.2) is 4.39 Å². The van der Waals surface area contributed by atoms with E-state index in [0.717, 1.165) is 5.69 Å². The lowest BCUT2D eigenvalue weighted by atomic mass is 10.3. The molecular weight excluding hydrogens is 225 g/mol. The summed E-state index contributed by atoms with van der Waals surface area (Å²) >= 11 is 1.39. The molecule has 0 spiro atoms. The van der Waals surface area contributed by atoms with Gasteiger partial charge in [0.15, 0.2) is 5.17 Å². The van der Waals surface area contributed by atoms with Gasteiger partial charge in [0.05, 0.1) is 0 Å². The highest BCUT2D eigenvalue weighted by atomic mass is 32.2. The molecule has 0 atom stereocenters. The zero-order valence-corrected chi connectivity index (χ0v) is 9.96. The van der Waals surface area contributed by atoms with Crippen LogP contribution in [0.3, 0.4) is 0 Å². The van der Waals surface area contributed by atoms with E-state index in [0.29, 0.717) is 11.7 Å². The summed E-state index contributed by atoms with van der Waals surface area (Å²) in [7, 11) is 0. The van der Waals surface area contributed by atoms with Crippen molar-refractivity contribution in [2.24, 2.45) is 4.99 Å². The minimum Gasteiger partial charge on any atom is -0.321 e. The standard InChI is InChI=1S/C11H12FN3S/c1-3-15(11(16-2)14-8-13)10-6-4-9(12)5-7-10/h4-7H,3H2,1-2H3. The maximum atomic E-state index is 12.8. The molecule has 0 amide bonds. The van der Waals surface area contributed by atoms with E-state index in [-0.39, 0.29) is 5.82 Å². The van der Waals surface area contributed by atoms with E-state index in [4.69, 9.17) is 5.26 Å². The largest absolute Gasteiger partial charge is 0.321 e. The first-order valence-corrected chi connectivity index (χ1v) is 5.99. The Balaban J connectivity index is 3.02. The molecule has 1 rings (SSSR count). The number of nitriles is 1. The zero-order valence-electron chi connectivity index (χ0n) is 9.14. The molecule has 0 aromatic heterocycles. The van der Waals surface area contributed by atoms with Crippen molar-refractivity contribution in [1.29, 1.82) is 5.26 Å². The minimum atomic E-state index is -0.275. The number of amidine groups is 1. The second-order valence-corrected chi connectivity index (χ2v) is 3.69. The molecular formula is C11H12FN3S. The summed E-state index contributed by atoms with van der Waals surface area (Å²) in [4.78, 5) is 5.58. The molecule has 0 aliphatic heterocycles. The third-order valence-corrected chi connectivity index (χ3v) is 2.69. The zero-order chi connectivity index (χ0) is 12.0. The highest BCUT2D eigenvalue weighted by Gasteiger charge is 2.10. The maximum Gasteiger partial charge on any atom is 0.208 e. The van der Waals surface area contributed by atoms with Gasteiger partial charge in [0, 0.05) is 12.2 Å². The normalized spacial score (nSPS) is 11.0. The van der Waals surface area contributed by atoms with Gasteiger partial charge in [-0.2, -0.15) is 5.26 Å². The van der Waals surface area contributed by atoms with Crippen LogP contribution in [0.2, 0.25) is 0 Å². The number of halogens is 1. The van der Waals surface area contributed by atoms with Crippen LogP contribution in [0.1, 0.15) is 6.92 Å². The third-order valence-electron chi connectivity index (χ3n) is 2.01. The Morgan fingerprint density at radius 2 is 2.12 bits per heavy atom. The van der Waals surface area contributed by atoms with E-state index in [1.165, 1.54) is 23.9 Å². The SMILES string of the molecule is CCN(C(=NC#N)SC)c1ccc(F)cc1. The average molecular weight is 237 g/mol. The summed E-state index contributed by atoms with van der Waals surface area (Å²) in [6, 6.07) is 6.12. The maximum absolute atomic E-state index is 12.8. The van der Waals surface area contributed by atoms with Crippen molar-refractivity contribution >= 4 is 22.6 Å². The first-order chi connectivity index (χ1) is 7.72. The summed E-state index contributed by atoms with van der Waals surface area (Å²) in [5, 5.41) is 9.17. The summed E-state index contributed by atoms with van der Waals surface area (Å²) in [6.45, 7) is 2.62. The molecule has 0 heterocycles. The summed E-state index contributed by atoms with van der Waals surface area (Å²) in [5.74, 6) is -0.275. The van der Waals surface area contributed by atoms with Gasteiger partial charge in [-0.05, 0) is 37.4 Å². The lowest BCUT2D eigenvalue weighted by Crippen LogP contribution is -2.27. The number of hydrogen-bond donors (Lipinski definition) is 0. The van der Waals surface area contributed by atoms with Crippen LogP contribution in [0.4, 0.5) is 10.1 Å². The van der Waals surface area contributed by atoms with Crippen LogP contribution in [-0.2, 0) is 0 Å². The highest BCUT2D eigenvalue weighted by molar-refractivity contribution is 8.13. The lowest BCUT2D eigenvalue weighted by Gasteiger charge is -2.22. The second-order valence-electron chi connectivity index (χ2n) is 2.92. The van der Waals surface area contributed by atoms with Gasteiger partial charge in [0.1, 0.15) is 5.82 Å². The number of aliphatic imine (C=N–C) groups is 1. The predicted molar refractivity (Wildman–Crippen MR) is 66.0 cm³/mol. The summed E-state index contributed by atoms with van der Waals surface area (Å²) in [6.07, 6.45) is 3.62. The van der Waals surface area contributed by atoms with E-state index in [2.05, 4.69) is 4.99 Å². The Labute approximate surface area is 98.6 Å². The van der Waals surface area contributed by atoms with Crippen LogP contribution in [0.25, 0.3) is 0 Å². The molecule has 0 aliphatic rings. The molecule has 0 saturated heterocycles. The number of anilines is 1. The molecule has 1 aromatic carbocycles. The second kappa shape index (κ2) is 6.13. The van der Waals surface area contributed by atoms with E-state index < -0.39 is 0 Å². The molecule has 0 unspecified atom stereocenters. The average Bonchev–Trinajstić information content (AvgIpc) is 2.31. The van der Waals surface area contributed by atoms with Gasteiger partial charge in [-0.3, -0.25) is 0 Å². The number of hydrogen-bond acceptors (Lipinski definition) is 3. The molecule has 3 nitrogen and oxygen atoms in total. The first-order valence-electron chi connectivity index (χ1n) is 4.76. The van der Waals surface area contributed by atoms with Crippen LogP contribution >= 0.6 is 11.8 Å². The number of nitrogens with zero attached hydrogens (tertiary/aromatic N) is 3. The fourth-order valence-corrected chi connectivity index (χ4v) is 1.90. The van der Waals surface area contributed by atoms with Crippen LogP contribution in [-0.4, -0.2) is 18.0 Å². The van der Waals surface area contributed by atoms with Crippen LogP contribution < -0.4 is 4.90 Å². The molecule has 1 aromatic rings. The molecule has 0 fully saturated rings. The smallest absolute Gasteiger partial charge is 0.208 e. The Morgan fingerprint density at radius 3 is 2.56 bits per heavy atom. The molecule has 0 radical (unpaired) electrons. The Hall–Kier alpha value is -1.54. The van der Waals surface area contributed by atoms with Crippen molar-refractivity contribution in [3.8, 4) is 6.19 Å². The molecule has 84 valence electrons. The Bertz CT molecular complexity index is 408. The summed E-state index contributed by atoms with van der Waals surface area (Å²) in [5.41, 5.74) is 0.826. The highest BCUT2D eigenvalue weighted by Crippen LogP contribution is 2.18. The predicted octanol–water partition coefficient (Wildman–Crippen LogP) is 2.85. The van der Waals surface area contributed by atoms with Crippen molar-refractivity contribution < 1.29 is 4.39 Å². The van der Waals surface area contributed by atoms with Crippen LogP contribution in [0, 0.1) is 17.3 Å². The quantitative estimate of drug-likeness (QED) is 0.451. The van der Waals surface area contributed by atoms with E-state index in [1.54, 1.807) is 18.3 Å². The van der Waals surface area contributed by atoms with Gasteiger partial charge in [-0.1, -0.05) is 11.8 Å². The topological polar surface area (TPSA) is 39.4 Å². The number of thioether (sulfide) groups is 1. The molecule has 0 saturated carbocycles. The number of benzene rings is 1. The Kier molecular flexibility index (Phi) is 4.80. The van der Waals surface area contributed by atoms with Crippen LogP contribution in [0.5, 0.6) is 0 Å². The van der Waals surface area contributed by atoms with Crippen molar-refractivity contribution in [1.82, 2.24) is 0 Å². The lowest BCUT2D eigenvalue weighted by molar-refractivity contribution is 0.628. The van der Waals surface area contributed by atoms with E-state index >= 15 is 0 Å². The molecule has 5 heteroatoms. The van der Waals surface area contributed by atoms with E-state index in [9.17, 15) is 4.39 Å². The fourth-order valence-electron chi connectivity index (χ4n) is 1.31. The van der Waals surface area contributed by atoms with Crippen molar-refractivity contribution in [3.63, 3.8) is 0 Å². The number of rotatable bonds is 2. The van der Waals surface area contributed by atoms with Crippen molar-refractivity contribution in [2.45, 2.75) is 6.92 Å². The van der Waals surface area contributed by atoms with Gasteiger partial charge in [0.2, 0.25) is 6.19 Å². The van der Waals surface area contributed by atoms with Gasteiger partial charge < -0.3 is 4.90 Å². The minimum absolute atomic E-state index is 0.275. The molecule has 0 N–H and O–H groups in total. The van der Waals surface area contributed by atoms with Crippen molar-refractivity contribution in [2.75, 3.05) is 17.7 Å². The van der Waals surface area contributed by atoms with Gasteiger partial charge in [-0.15, -0.1) is 4.99 Å². The van der Waals surface area contributed by atoms with Gasteiger partial charge in [0.25, 0.3) is 0 Å². The van der Waals surface area contributed by atoms with Gasteiger partial charge >= 0.3 is 0 Å². The van der Waals surface area contributed by atoms with Crippen molar-refractivity contribution in [3.05, 3.63) is 30.1 Å². The fraction of sp³-hybridized carbons (Fsp3) is 0.273. The third kappa shape index (κ3) is 2.97. The van der Waals surface area contributed by atoms with Crippen LogP contribution in [0.15, 0.2) is 29.3 Å². The monoisotopic (exact) mass is 237 g/mol.